The molecule has 2 rings (SSSR count). The van der Waals surface area contributed by atoms with Crippen molar-refractivity contribution in [2.45, 2.75) is 32.7 Å². The highest BCUT2D eigenvalue weighted by molar-refractivity contribution is 5.59. The zero-order valence-corrected chi connectivity index (χ0v) is 12.7. The van der Waals surface area contributed by atoms with Crippen LogP contribution in [0.1, 0.15) is 31.2 Å². The average Bonchev–Trinajstić information content (AvgIpc) is 2.47. The molecule has 1 fully saturated rings. The van der Waals surface area contributed by atoms with Crippen LogP contribution < -0.4 is 10.2 Å². The first kappa shape index (κ1) is 15.0. The van der Waals surface area contributed by atoms with E-state index in [1.165, 1.54) is 0 Å². The monoisotopic (exact) mass is 280 g/mol. The Morgan fingerprint density at radius 3 is 2.80 bits per heavy atom. The fraction of sp³-hybridized carbons (Fsp3) is 0.714. The van der Waals surface area contributed by atoms with E-state index in [2.05, 4.69) is 29.0 Å². The Hall–Kier alpha value is -1.40. The summed E-state index contributed by atoms with van der Waals surface area (Å²) in [6.07, 6.45) is 0. The lowest BCUT2D eigenvalue weighted by Gasteiger charge is -2.36. The number of hydrogen-bond donors (Lipinski definition) is 2. The van der Waals surface area contributed by atoms with Crippen LogP contribution >= 0.6 is 0 Å². The molecule has 1 aliphatic rings. The van der Waals surface area contributed by atoms with Gasteiger partial charge in [0.1, 0.15) is 17.5 Å². The molecule has 0 amide bonds. The fourth-order valence-corrected chi connectivity index (χ4v) is 2.39. The van der Waals surface area contributed by atoms with Gasteiger partial charge in [0, 0.05) is 25.1 Å². The van der Waals surface area contributed by atoms with Crippen LogP contribution in [0.3, 0.4) is 0 Å². The van der Waals surface area contributed by atoms with Gasteiger partial charge in [0.25, 0.3) is 0 Å². The molecule has 1 aromatic rings. The Balaban J connectivity index is 2.45. The van der Waals surface area contributed by atoms with Crippen molar-refractivity contribution in [2.24, 2.45) is 0 Å². The molecule has 0 bridgehead atoms. The number of nitrogens with zero attached hydrogens (tertiary/aromatic N) is 3. The Labute approximate surface area is 120 Å². The van der Waals surface area contributed by atoms with Crippen LogP contribution in [0.5, 0.6) is 0 Å². The first-order chi connectivity index (χ1) is 9.58. The third-order valence-corrected chi connectivity index (χ3v) is 3.60. The van der Waals surface area contributed by atoms with Crippen molar-refractivity contribution in [3.8, 4) is 0 Å². The van der Waals surface area contributed by atoms with Gasteiger partial charge in [-0.2, -0.15) is 0 Å². The first-order valence-corrected chi connectivity index (χ1v) is 7.10. The summed E-state index contributed by atoms with van der Waals surface area (Å²) in [5.41, 5.74) is 1.01. The summed E-state index contributed by atoms with van der Waals surface area (Å²) in [7, 11) is 1.87. The molecule has 0 saturated carbocycles. The molecule has 0 spiro atoms. The van der Waals surface area contributed by atoms with Gasteiger partial charge in [-0.15, -0.1) is 0 Å². The predicted molar refractivity (Wildman–Crippen MR) is 79.4 cm³/mol. The minimum absolute atomic E-state index is 0.0398. The van der Waals surface area contributed by atoms with Crippen molar-refractivity contribution in [3.63, 3.8) is 0 Å². The van der Waals surface area contributed by atoms with Crippen LogP contribution in [0.4, 0.5) is 11.6 Å². The Kier molecular flexibility index (Phi) is 4.77. The molecular weight excluding hydrogens is 256 g/mol. The molecule has 6 nitrogen and oxygen atoms in total. The summed E-state index contributed by atoms with van der Waals surface area (Å²) in [6, 6.07) is -0.0398. The van der Waals surface area contributed by atoms with Crippen molar-refractivity contribution >= 4 is 11.6 Å². The van der Waals surface area contributed by atoms with E-state index in [-0.39, 0.29) is 18.6 Å². The Bertz CT molecular complexity index is 465. The van der Waals surface area contributed by atoms with Gasteiger partial charge >= 0.3 is 0 Å². The molecule has 0 aliphatic carbocycles. The third-order valence-electron chi connectivity index (χ3n) is 3.60. The number of rotatable bonds is 4. The zero-order valence-electron chi connectivity index (χ0n) is 12.7. The van der Waals surface area contributed by atoms with Crippen LogP contribution in [0.25, 0.3) is 0 Å². The quantitative estimate of drug-likeness (QED) is 0.862. The largest absolute Gasteiger partial charge is 0.394 e. The molecule has 20 heavy (non-hydrogen) atoms. The van der Waals surface area contributed by atoms with E-state index in [1.54, 1.807) is 0 Å². The SMILES string of the molecule is CNc1nc(C(C)C)nc(N2CCOCC2CO)c1C. The summed E-state index contributed by atoms with van der Waals surface area (Å²) in [5.74, 6) is 2.82. The van der Waals surface area contributed by atoms with Gasteiger partial charge < -0.3 is 20.1 Å². The summed E-state index contributed by atoms with van der Waals surface area (Å²) in [6.45, 7) is 8.17. The van der Waals surface area contributed by atoms with Gasteiger partial charge in [-0.25, -0.2) is 9.97 Å². The van der Waals surface area contributed by atoms with E-state index in [9.17, 15) is 5.11 Å². The molecule has 1 aliphatic heterocycles. The summed E-state index contributed by atoms with van der Waals surface area (Å²) in [4.78, 5) is 11.4. The molecule has 6 heteroatoms. The number of aliphatic hydroxyl groups excluding tert-OH is 1. The predicted octanol–water partition coefficient (Wildman–Crippen LogP) is 1.15. The summed E-state index contributed by atoms with van der Waals surface area (Å²) >= 11 is 0. The molecule has 2 N–H and O–H groups in total. The van der Waals surface area contributed by atoms with Gasteiger partial charge in [-0.05, 0) is 6.92 Å². The van der Waals surface area contributed by atoms with E-state index < -0.39 is 0 Å². The van der Waals surface area contributed by atoms with E-state index >= 15 is 0 Å². The van der Waals surface area contributed by atoms with Gasteiger partial charge in [0.15, 0.2) is 0 Å². The number of anilines is 2. The van der Waals surface area contributed by atoms with Gasteiger partial charge in [0.05, 0.1) is 25.9 Å². The van der Waals surface area contributed by atoms with Crippen molar-refractivity contribution in [2.75, 3.05) is 43.6 Å². The maximum Gasteiger partial charge on any atom is 0.137 e. The molecule has 112 valence electrons. The van der Waals surface area contributed by atoms with Gasteiger partial charge in [0.2, 0.25) is 0 Å². The highest BCUT2D eigenvalue weighted by atomic mass is 16.5. The molecule has 0 radical (unpaired) electrons. The van der Waals surface area contributed by atoms with E-state index in [0.717, 1.165) is 29.6 Å². The Morgan fingerprint density at radius 1 is 1.45 bits per heavy atom. The second kappa shape index (κ2) is 6.37. The number of nitrogens with one attached hydrogen (secondary N) is 1. The first-order valence-electron chi connectivity index (χ1n) is 7.10. The van der Waals surface area contributed by atoms with E-state index in [1.807, 2.05) is 14.0 Å². The van der Waals surface area contributed by atoms with Crippen molar-refractivity contribution in [1.82, 2.24) is 9.97 Å². The number of ether oxygens (including phenoxy) is 1. The maximum absolute atomic E-state index is 9.54. The lowest BCUT2D eigenvalue weighted by atomic mass is 10.1. The van der Waals surface area contributed by atoms with Crippen LogP contribution in [-0.4, -0.2) is 54.5 Å². The number of morpholine rings is 1. The minimum atomic E-state index is -0.0398. The van der Waals surface area contributed by atoms with Crippen molar-refractivity contribution < 1.29 is 9.84 Å². The van der Waals surface area contributed by atoms with Gasteiger partial charge in [-0.1, -0.05) is 13.8 Å². The van der Waals surface area contributed by atoms with Crippen LogP contribution in [-0.2, 0) is 4.74 Å². The Morgan fingerprint density at radius 2 is 2.20 bits per heavy atom. The summed E-state index contributed by atoms with van der Waals surface area (Å²) in [5, 5.41) is 12.7. The maximum atomic E-state index is 9.54. The highest BCUT2D eigenvalue weighted by Crippen LogP contribution is 2.28. The van der Waals surface area contributed by atoms with Crippen molar-refractivity contribution in [3.05, 3.63) is 11.4 Å². The second-order valence-corrected chi connectivity index (χ2v) is 5.39. The minimum Gasteiger partial charge on any atom is -0.394 e. The van der Waals surface area contributed by atoms with E-state index in [4.69, 9.17) is 9.72 Å². The third kappa shape index (κ3) is 2.86. The van der Waals surface area contributed by atoms with Crippen LogP contribution in [0.15, 0.2) is 0 Å². The molecule has 0 aromatic carbocycles. The highest BCUT2D eigenvalue weighted by Gasteiger charge is 2.26. The van der Waals surface area contributed by atoms with Crippen LogP contribution in [0.2, 0.25) is 0 Å². The standard InChI is InChI=1S/C14H24N4O2/c1-9(2)12-16-13(15-4)10(3)14(17-12)18-5-6-20-8-11(18)7-19/h9,11,19H,5-8H2,1-4H3,(H,15,16,17). The van der Waals surface area contributed by atoms with Gasteiger partial charge in [-0.3, -0.25) is 0 Å². The second-order valence-electron chi connectivity index (χ2n) is 5.39. The molecule has 1 atom stereocenters. The lowest BCUT2D eigenvalue weighted by molar-refractivity contribution is 0.0722. The molecular formula is C14H24N4O2. The molecule has 2 heterocycles. The van der Waals surface area contributed by atoms with E-state index in [0.29, 0.717) is 13.2 Å². The zero-order chi connectivity index (χ0) is 14.7. The van der Waals surface area contributed by atoms with Crippen LogP contribution in [0, 0.1) is 6.92 Å². The fourth-order valence-electron chi connectivity index (χ4n) is 2.39. The smallest absolute Gasteiger partial charge is 0.137 e. The van der Waals surface area contributed by atoms with Crippen molar-refractivity contribution in [1.29, 1.82) is 0 Å². The molecule has 1 aromatic heterocycles. The molecule has 1 saturated heterocycles. The lowest BCUT2D eigenvalue weighted by Crippen LogP contribution is -2.48. The normalized spacial score (nSPS) is 19.5. The molecule has 1 unspecified atom stereocenters. The number of hydrogen-bond acceptors (Lipinski definition) is 6. The number of aliphatic hydroxyl groups is 1. The summed E-state index contributed by atoms with van der Waals surface area (Å²) < 4.78 is 5.44. The number of aromatic nitrogens is 2. The topological polar surface area (TPSA) is 70.5 Å². The average molecular weight is 280 g/mol.